The fraction of sp³-hybridized carbons (Fsp3) is 0.333. The predicted molar refractivity (Wildman–Crippen MR) is 174 cm³/mol. The Hall–Kier alpha value is -0.486. The van der Waals surface area contributed by atoms with E-state index in [4.69, 9.17) is 0 Å². The first kappa shape index (κ1) is 31.7. The second-order valence-electron chi connectivity index (χ2n) is 13.4. The maximum atomic E-state index is 2.73. The summed E-state index contributed by atoms with van der Waals surface area (Å²) < 4.78 is 9.10. The van der Waals surface area contributed by atoms with E-state index < -0.39 is 33.5 Å². The molecule has 0 nitrogen and oxygen atoms in total. The van der Waals surface area contributed by atoms with Crippen molar-refractivity contribution in [1.29, 1.82) is 0 Å². The Morgan fingerprint density at radius 2 is 0.889 bits per heavy atom. The van der Waals surface area contributed by atoms with E-state index in [0.717, 1.165) is 0 Å². The molecule has 2 aromatic carbocycles. The number of allylic oxidation sites excluding steroid dienone is 8. The van der Waals surface area contributed by atoms with Crippen LogP contribution in [0.25, 0.3) is 11.1 Å². The summed E-state index contributed by atoms with van der Waals surface area (Å²) in [5.74, 6) is 0. The van der Waals surface area contributed by atoms with Gasteiger partial charge < -0.3 is 0 Å². The van der Waals surface area contributed by atoms with Crippen LogP contribution in [-0.2, 0) is 17.4 Å². The van der Waals surface area contributed by atoms with E-state index in [0.29, 0.717) is 0 Å². The number of benzene rings is 2. The molecule has 0 bridgehead atoms. The maximum absolute atomic E-state index is 3.50. The van der Waals surface area contributed by atoms with Crippen molar-refractivity contribution in [3.05, 3.63) is 101 Å². The van der Waals surface area contributed by atoms with Crippen LogP contribution in [-0.4, -0.2) is 23.0 Å². The van der Waals surface area contributed by atoms with Crippen molar-refractivity contribution in [1.82, 2.24) is 0 Å². The third-order valence-electron chi connectivity index (χ3n) is 8.05. The van der Waals surface area contributed by atoms with Gasteiger partial charge in [0.2, 0.25) is 0 Å². The van der Waals surface area contributed by atoms with E-state index in [1.54, 1.807) is 21.5 Å². The van der Waals surface area contributed by atoms with Gasteiger partial charge in [-0.25, -0.2) is 0 Å². The zero-order valence-electron chi connectivity index (χ0n) is 23.4. The molecule has 2 aliphatic rings. The van der Waals surface area contributed by atoms with Crippen molar-refractivity contribution in [2.24, 2.45) is 0 Å². The summed E-state index contributed by atoms with van der Waals surface area (Å²) in [6.07, 6.45) is 7.65. The van der Waals surface area contributed by atoms with E-state index in [-0.39, 0.29) is 24.8 Å². The van der Waals surface area contributed by atoms with Crippen LogP contribution in [0.5, 0.6) is 0 Å². The van der Waals surface area contributed by atoms with Gasteiger partial charge in [0.1, 0.15) is 0 Å². The Morgan fingerprint density at radius 1 is 0.583 bits per heavy atom. The summed E-state index contributed by atoms with van der Waals surface area (Å²) in [7, 11) is -2.76. The molecule has 4 rings (SSSR count). The van der Waals surface area contributed by atoms with Crippen molar-refractivity contribution in [3.63, 3.8) is 0 Å². The largest absolute Gasteiger partial charge is 0.147 e. The zero-order valence-corrected chi connectivity index (χ0v) is 30.9. The van der Waals surface area contributed by atoms with Crippen molar-refractivity contribution in [3.8, 4) is 0 Å². The molecule has 0 aliphatic heterocycles. The maximum Gasteiger partial charge on any atom is -0.147 e. The Bertz CT molecular complexity index is 1220. The molecule has 2 aromatic rings. The minimum Gasteiger partial charge on any atom is -0.147 e. The molecule has 0 amide bonds. The van der Waals surface area contributed by atoms with Gasteiger partial charge in [0, 0.05) is 0 Å². The van der Waals surface area contributed by atoms with Crippen molar-refractivity contribution in [2.45, 2.75) is 61.4 Å². The van der Waals surface area contributed by atoms with Gasteiger partial charge in [-0.3, -0.25) is 0 Å². The molecule has 0 saturated carbocycles. The van der Waals surface area contributed by atoms with Gasteiger partial charge >= 0.3 is 214 Å². The van der Waals surface area contributed by atoms with E-state index >= 15 is 0 Å². The van der Waals surface area contributed by atoms with Crippen LogP contribution in [0.4, 0.5) is 0 Å². The number of rotatable bonds is 6. The Morgan fingerprint density at radius 3 is 1.17 bits per heavy atom. The molecule has 0 unspecified atom stereocenters. The van der Waals surface area contributed by atoms with Gasteiger partial charge in [-0.15, -0.1) is 24.8 Å². The Kier molecular flexibility index (Phi) is 9.65. The average molecular weight is 651 g/mol. The van der Waals surface area contributed by atoms with Gasteiger partial charge in [0.25, 0.3) is 0 Å². The molecule has 36 heavy (non-hydrogen) atoms. The standard InChI is InChI=1S/2C14H17Si.2CH3.2ClH.H2Si.Zr/c2*1-15(2,3)14-10-9-13(11-14)12-7-5-4-6-8-12;;;;;;/h2*4-8,11H,10H2,1-3H3;2*1H3;2*1H;1H2;. The normalized spacial score (nSPS) is 16.9. The van der Waals surface area contributed by atoms with Crippen LogP contribution in [0.15, 0.2) is 89.8 Å². The van der Waals surface area contributed by atoms with Gasteiger partial charge in [-0.05, 0) is 0 Å². The third kappa shape index (κ3) is 6.21. The first-order valence-corrected chi connectivity index (χ1v) is 33.0. The summed E-state index contributed by atoms with van der Waals surface area (Å²) in [5, 5.41) is 3.46. The van der Waals surface area contributed by atoms with Crippen LogP contribution in [0, 0.1) is 0 Å². The zero-order chi connectivity index (χ0) is 25.0. The topological polar surface area (TPSA) is 0 Å². The Balaban J connectivity index is 0.00000228. The summed E-state index contributed by atoms with van der Waals surface area (Å²) in [4.78, 5) is 0. The molecule has 0 heterocycles. The summed E-state index contributed by atoms with van der Waals surface area (Å²) in [5.41, 5.74) is 5.95. The second-order valence-corrected chi connectivity index (χ2v) is 52.4. The minimum atomic E-state index is -3.50. The predicted octanol–water partition coefficient (Wildman–Crippen LogP) is 9.40. The van der Waals surface area contributed by atoms with Gasteiger partial charge in [-0.2, -0.15) is 0 Å². The number of hydrogen-bond acceptors (Lipinski definition) is 0. The smallest absolute Gasteiger partial charge is 0.147 e. The third-order valence-corrected chi connectivity index (χ3v) is 29.3. The second kappa shape index (κ2) is 10.9. The van der Waals surface area contributed by atoms with E-state index in [1.165, 1.54) is 24.0 Å². The minimum absolute atomic E-state index is 0. The molecule has 0 spiro atoms. The SMILES string of the molecule is C[Si](C)(C)C1=CC(c2ccccc2)=[C]([Zr]([CH3])([CH3])(=[SiH2])[C]2=C(c3ccccc3)C=C([Si](C)(C)C)C2)C1.Cl.Cl. The number of halogens is 2. The van der Waals surface area contributed by atoms with E-state index in [2.05, 4.69) is 128 Å². The fourth-order valence-electron chi connectivity index (χ4n) is 5.52. The molecular formula is C30H44Cl2Si3Zr. The molecule has 0 fully saturated rings. The summed E-state index contributed by atoms with van der Waals surface area (Å²) in [6, 6.07) is 22.5. The monoisotopic (exact) mass is 648 g/mol. The summed E-state index contributed by atoms with van der Waals surface area (Å²) in [6.45, 7) is 17.6. The van der Waals surface area contributed by atoms with Crippen molar-refractivity contribution >= 4 is 59.0 Å². The first-order valence-electron chi connectivity index (χ1n) is 12.7. The number of hydrogen-bond donors (Lipinski definition) is 0. The molecule has 0 atom stereocenters. The molecule has 0 aromatic heterocycles. The molecule has 194 valence electrons. The summed E-state index contributed by atoms with van der Waals surface area (Å²) >= 11 is -3.50. The van der Waals surface area contributed by atoms with Gasteiger partial charge in [-0.1, -0.05) is 0 Å². The molecule has 2 aliphatic carbocycles. The molecular weight excluding hydrogens is 607 g/mol. The van der Waals surface area contributed by atoms with Crippen molar-refractivity contribution < 1.29 is 17.4 Å². The molecule has 0 radical (unpaired) electrons. The fourth-order valence-corrected chi connectivity index (χ4v) is 22.6. The van der Waals surface area contributed by atoms with E-state index in [9.17, 15) is 0 Å². The molecule has 0 N–H and O–H groups in total. The van der Waals surface area contributed by atoms with Gasteiger partial charge in [0.15, 0.2) is 0 Å². The van der Waals surface area contributed by atoms with Crippen LogP contribution in [0.2, 0.25) is 48.5 Å². The molecule has 6 heteroatoms. The quantitative estimate of drug-likeness (QED) is 0.273. The van der Waals surface area contributed by atoms with Crippen LogP contribution in [0.3, 0.4) is 0 Å². The molecule has 0 saturated heterocycles. The van der Waals surface area contributed by atoms with Crippen LogP contribution >= 0.6 is 24.8 Å². The van der Waals surface area contributed by atoms with Crippen LogP contribution in [0.1, 0.15) is 24.0 Å². The van der Waals surface area contributed by atoms with Crippen LogP contribution < -0.4 is 0 Å². The first-order chi connectivity index (χ1) is 15.7. The van der Waals surface area contributed by atoms with Gasteiger partial charge in [0.05, 0.1) is 0 Å². The van der Waals surface area contributed by atoms with E-state index in [1.807, 2.05) is 6.56 Å². The van der Waals surface area contributed by atoms with Crippen molar-refractivity contribution in [2.75, 3.05) is 0 Å². The average Bonchev–Trinajstić information content (AvgIpc) is 3.41. The Labute approximate surface area is 236 Å².